The number of sulfonamides is 1. The summed E-state index contributed by atoms with van der Waals surface area (Å²) < 4.78 is 33.1. The van der Waals surface area contributed by atoms with E-state index in [1.165, 1.54) is 15.6 Å². The highest BCUT2D eigenvalue weighted by molar-refractivity contribution is 7.91. The highest BCUT2D eigenvalue weighted by Gasteiger charge is 2.53. The van der Waals surface area contributed by atoms with Gasteiger partial charge in [-0.3, -0.25) is 4.79 Å². The molecule has 3 aliphatic heterocycles. The molecule has 0 bridgehead atoms. The number of piperidine rings is 2. The van der Waals surface area contributed by atoms with Crippen molar-refractivity contribution in [3.63, 3.8) is 0 Å². The first-order valence-electron chi connectivity index (χ1n) is 10.0. The first-order chi connectivity index (χ1) is 13.7. The van der Waals surface area contributed by atoms with Crippen LogP contribution < -0.4 is 0 Å². The summed E-state index contributed by atoms with van der Waals surface area (Å²) in [6.07, 6.45) is 2.50. The highest BCUT2D eigenvalue weighted by Crippen LogP contribution is 2.43. The zero-order valence-electron chi connectivity index (χ0n) is 16.7. The minimum absolute atomic E-state index is 0.130. The number of amides is 1. The van der Waals surface area contributed by atoms with Gasteiger partial charge in [0.05, 0.1) is 5.57 Å². The number of thiophene rings is 1. The third kappa shape index (κ3) is 3.53. The third-order valence-electron chi connectivity index (χ3n) is 6.33. The summed E-state index contributed by atoms with van der Waals surface area (Å²) in [5, 5.41) is 1.74. The number of hydrogen-bond donors (Lipinski definition) is 0. The number of hydrogen-bond acceptors (Lipinski definition) is 6. The monoisotopic (exact) mass is 438 g/mol. The van der Waals surface area contributed by atoms with Crippen LogP contribution in [0.25, 0.3) is 0 Å². The lowest BCUT2D eigenvalue weighted by atomic mass is 9.82. The fourth-order valence-electron chi connectivity index (χ4n) is 4.45. The van der Waals surface area contributed by atoms with E-state index < -0.39 is 21.6 Å². The predicted octanol–water partition coefficient (Wildman–Crippen LogP) is 2.40. The van der Waals surface area contributed by atoms with E-state index in [1.54, 1.807) is 24.4 Å². The van der Waals surface area contributed by atoms with Gasteiger partial charge in [-0.1, -0.05) is 13.0 Å². The summed E-state index contributed by atoms with van der Waals surface area (Å²) in [7, 11) is -3.56. The first-order valence-corrected chi connectivity index (χ1v) is 12.3. The molecule has 4 rings (SSSR count). The van der Waals surface area contributed by atoms with Gasteiger partial charge in [-0.05, 0) is 37.1 Å². The maximum Gasteiger partial charge on any atom is 0.335 e. The normalized spacial score (nSPS) is 23.7. The first kappa shape index (κ1) is 20.6. The van der Waals surface area contributed by atoms with E-state index in [9.17, 15) is 18.0 Å². The molecule has 2 saturated heterocycles. The molecule has 1 aromatic heterocycles. The third-order valence-corrected chi connectivity index (χ3v) is 9.60. The summed E-state index contributed by atoms with van der Waals surface area (Å²) in [6, 6.07) is 3.31. The van der Waals surface area contributed by atoms with E-state index in [2.05, 4.69) is 6.92 Å². The van der Waals surface area contributed by atoms with Crippen LogP contribution in [0.3, 0.4) is 0 Å². The number of carbonyl (C=O) groups is 2. The van der Waals surface area contributed by atoms with Crippen molar-refractivity contribution in [2.45, 2.75) is 49.3 Å². The van der Waals surface area contributed by atoms with Crippen molar-refractivity contribution in [3.05, 3.63) is 28.7 Å². The van der Waals surface area contributed by atoms with E-state index >= 15 is 0 Å². The van der Waals surface area contributed by atoms with Crippen LogP contribution in [0.1, 0.15) is 39.5 Å². The van der Waals surface area contributed by atoms with Gasteiger partial charge in [0.15, 0.2) is 0 Å². The van der Waals surface area contributed by atoms with E-state index in [0.717, 1.165) is 12.8 Å². The van der Waals surface area contributed by atoms with Crippen LogP contribution >= 0.6 is 11.3 Å². The van der Waals surface area contributed by atoms with Crippen molar-refractivity contribution >= 4 is 33.2 Å². The van der Waals surface area contributed by atoms with Gasteiger partial charge in [0.25, 0.3) is 15.9 Å². The standard InChI is InChI=1S/C20H26N2O5S2/c1-14-5-9-21(10-6-14)18(23)17-15(2)19(24)27-20(17)7-11-22(12-8-20)29(25,26)16-4-3-13-28-16/h3-4,13-14H,5-12H2,1-2H3. The smallest absolute Gasteiger partial charge is 0.335 e. The van der Waals surface area contributed by atoms with Crippen molar-refractivity contribution in [2.75, 3.05) is 26.2 Å². The Hall–Kier alpha value is -1.71. The van der Waals surface area contributed by atoms with Gasteiger partial charge in [0.2, 0.25) is 0 Å². The minimum atomic E-state index is -3.56. The second kappa shape index (κ2) is 7.52. The molecule has 0 unspecified atom stereocenters. The molecule has 1 aromatic rings. The molecule has 4 heterocycles. The van der Waals surface area contributed by atoms with Crippen LogP contribution in [-0.2, 0) is 24.3 Å². The number of esters is 1. The second-order valence-corrected chi connectivity index (χ2v) is 11.3. The lowest BCUT2D eigenvalue weighted by Crippen LogP contribution is -2.51. The van der Waals surface area contributed by atoms with Gasteiger partial charge in [0.1, 0.15) is 9.81 Å². The highest BCUT2D eigenvalue weighted by atomic mass is 32.2. The molecule has 0 aliphatic carbocycles. The number of carbonyl (C=O) groups excluding carboxylic acids is 2. The summed E-state index contributed by atoms with van der Waals surface area (Å²) >= 11 is 1.19. The molecule has 158 valence electrons. The molecule has 3 aliphatic rings. The van der Waals surface area contributed by atoms with E-state index in [-0.39, 0.29) is 19.0 Å². The Labute approximate surface area is 175 Å². The lowest BCUT2D eigenvalue weighted by molar-refractivity contribution is -0.150. The Kier molecular flexibility index (Phi) is 5.33. The van der Waals surface area contributed by atoms with E-state index in [1.807, 2.05) is 4.90 Å². The molecule has 1 amide bonds. The predicted molar refractivity (Wildman–Crippen MR) is 109 cm³/mol. The zero-order chi connectivity index (χ0) is 20.8. The van der Waals surface area contributed by atoms with Crippen LogP contribution in [0.4, 0.5) is 0 Å². The molecule has 0 N–H and O–H groups in total. The Bertz CT molecular complexity index is 936. The SMILES string of the molecule is CC1=C(C(=O)N2CCC(C)CC2)C2(CCN(S(=O)(=O)c3cccs3)CC2)OC1=O. The van der Waals surface area contributed by atoms with Crippen LogP contribution in [-0.4, -0.2) is 61.3 Å². The molecule has 0 radical (unpaired) electrons. The maximum atomic E-state index is 13.3. The van der Waals surface area contributed by atoms with Crippen LogP contribution in [0.2, 0.25) is 0 Å². The van der Waals surface area contributed by atoms with Gasteiger partial charge >= 0.3 is 5.97 Å². The Morgan fingerprint density at radius 1 is 1.21 bits per heavy atom. The van der Waals surface area contributed by atoms with Crippen LogP contribution in [0, 0.1) is 5.92 Å². The zero-order valence-corrected chi connectivity index (χ0v) is 18.4. The molecule has 9 heteroatoms. The quantitative estimate of drug-likeness (QED) is 0.677. The molecule has 1 spiro atoms. The van der Waals surface area contributed by atoms with Gasteiger partial charge in [0, 0.05) is 44.6 Å². The molecule has 0 atom stereocenters. The second-order valence-electron chi connectivity index (χ2n) is 8.19. The van der Waals surface area contributed by atoms with Gasteiger partial charge in [-0.2, -0.15) is 4.31 Å². The Morgan fingerprint density at radius 2 is 1.86 bits per heavy atom. The van der Waals surface area contributed by atoms with Gasteiger partial charge < -0.3 is 9.64 Å². The molecule has 29 heavy (non-hydrogen) atoms. The molecule has 0 aromatic carbocycles. The Balaban J connectivity index is 1.55. The summed E-state index contributed by atoms with van der Waals surface area (Å²) in [4.78, 5) is 27.5. The largest absolute Gasteiger partial charge is 0.450 e. The molecule has 7 nitrogen and oxygen atoms in total. The maximum absolute atomic E-state index is 13.3. The number of rotatable bonds is 3. The van der Waals surface area contributed by atoms with Crippen molar-refractivity contribution in [2.24, 2.45) is 5.92 Å². The fourth-order valence-corrected chi connectivity index (χ4v) is 7.04. The molecular formula is C20H26N2O5S2. The van der Waals surface area contributed by atoms with Crippen molar-refractivity contribution in [1.82, 2.24) is 9.21 Å². The molecular weight excluding hydrogens is 412 g/mol. The van der Waals surface area contributed by atoms with Crippen molar-refractivity contribution in [1.29, 1.82) is 0 Å². The molecule has 0 saturated carbocycles. The topological polar surface area (TPSA) is 84.0 Å². The average molecular weight is 439 g/mol. The number of nitrogens with zero attached hydrogens (tertiary/aromatic N) is 2. The summed E-state index contributed by atoms with van der Waals surface area (Å²) in [5.74, 6) is -0.00153. The van der Waals surface area contributed by atoms with Gasteiger partial charge in [-0.15, -0.1) is 11.3 Å². The van der Waals surface area contributed by atoms with Crippen molar-refractivity contribution < 1.29 is 22.7 Å². The Morgan fingerprint density at radius 3 is 2.45 bits per heavy atom. The minimum Gasteiger partial charge on any atom is -0.450 e. The van der Waals surface area contributed by atoms with Crippen molar-refractivity contribution in [3.8, 4) is 0 Å². The fraction of sp³-hybridized carbons (Fsp3) is 0.600. The van der Waals surface area contributed by atoms with Gasteiger partial charge in [-0.25, -0.2) is 13.2 Å². The van der Waals surface area contributed by atoms with E-state index in [4.69, 9.17) is 4.74 Å². The summed E-state index contributed by atoms with van der Waals surface area (Å²) in [6.45, 7) is 5.62. The van der Waals surface area contributed by atoms with Crippen LogP contribution in [0.15, 0.2) is 32.9 Å². The summed E-state index contributed by atoms with van der Waals surface area (Å²) in [5.41, 5.74) is -0.212. The van der Waals surface area contributed by atoms with E-state index in [0.29, 0.717) is 47.2 Å². The molecule has 2 fully saturated rings. The number of ether oxygens (including phenoxy) is 1. The number of likely N-dealkylation sites (tertiary alicyclic amines) is 1. The lowest BCUT2D eigenvalue weighted by Gasteiger charge is -2.40. The average Bonchev–Trinajstić information content (AvgIpc) is 3.31. The van der Waals surface area contributed by atoms with Crippen LogP contribution in [0.5, 0.6) is 0 Å².